The summed E-state index contributed by atoms with van der Waals surface area (Å²) < 4.78 is 12.8. The highest BCUT2D eigenvalue weighted by atomic mass is 79.9. The topological polar surface area (TPSA) is 40.5 Å². The van der Waals surface area contributed by atoms with Crippen LogP contribution in [0.25, 0.3) is 10.9 Å². The number of fused-ring (bicyclic) bond motifs is 1. The molecule has 148 valence electrons. The second-order valence-corrected chi connectivity index (χ2v) is 7.60. The number of ether oxygens (including phenoxy) is 2. The molecule has 4 nitrogen and oxygen atoms in total. The number of aromatic nitrogens is 1. The monoisotopic (exact) mass is 443 g/mol. The van der Waals surface area contributed by atoms with Crippen LogP contribution in [0.2, 0.25) is 0 Å². The van der Waals surface area contributed by atoms with Crippen LogP contribution in [0.1, 0.15) is 41.6 Å². The van der Waals surface area contributed by atoms with E-state index in [9.17, 15) is 4.79 Å². The van der Waals surface area contributed by atoms with Gasteiger partial charge in [0.15, 0.2) is 0 Å². The smallest absolute Gasteiger partial charge is 0.337 e. The molecule has 28 heavy (non-hydrogen) atoms. The van der Waals surface area contributed by atoms with Crippen LogP contribution in [0.3, 0.4) is 0 Å². The van der Waals surface area contributed by atoms with Crippen molar-refractivity contribution < 1.29 is 14.3 Å². The summed E-state index contributed by atoms with van der Waals surface area (Å²) in [6, 6.07) is 15.9. The summed E-state index contributed by atoms with van der Waals surface area (Å²) in [5, 5.41) is 2.18. The number of unbranched alkanes of at least 4 members (excludes halogenated alkanes) is 3. The molecule has 0 aliphatic heterocycles. The summed E-state index contributed by atoms with van der Waals surface area (Å²) in [6.07, 6.45) is 6.81. The van der Waals surface area contributed by atoms with E-state index in [0.29, 0.717) is 5.56 Å². The molecule has 0 fully saturated rings. The number of rotatable bonds is 10. The maximum Gasteiger partial charge on any atom is 0.337 e. The normalized spacial score (nSPS) is 10.9. The minimum Gasteiger partial charge on any atom is -0.494 e. The van der Waals surface area contributed by atoms with E-state index < -0.39 is 0 Å². The average molecular weight is 444 g/mol. The van der Waals surface area contributed by atoms with Crippen molar-refractivity contribution in [1.29, 1.82) is 0 Å². The summed E-state index contributed by atoms with van der Waals surface area (Å²) in [5.74, 6) is 0.595. The van der Waals surface area contributed by atoms with E-state index in [0.717, 1.165) is 41.6 Å². The van der Waals surface area contributed by atoms with Gasteiger partial charge in [0, 0.05) is 23.6 Å². The molecule has 3 aromatic rings. The average Bonchev–Trinajstić information content (AvgIpc) is 3.13. The Morgan fingerprint density at radius 3 is 2.54 bits per heavy atom. The van der Waals surface area contributed by atoms with E-state index in [1.165, 1.54) is 31.9 Å². The van der Waals surface area contributed by atoms with Crippen molar-refractivity contribution in [3.8, 4) is 5.75 Å². The predicted octanol–water partition coefficient (Wildman–Crippen LogP) is 5.81. The van der Waals surface area contributed by atoms with E-state index in [1.807, 2.05) is 30.5 Å². The molecule has 0 radical (unpaired) electrons. The molecule has 0 bridgehead atoms. The summed E-state index contributed by atoms with van der Waals surface area (Å²) in [6.45, 7) is 1.50. The van der Waals surface area contributed by atoms with Crippen LogP contribution in [0, 0.1) is 0 Å². The molecule has 0 amide bonds. The van der Waals surface area contributed by atoms with Crippen molar-refractivity contribution in [1.82, 2.24) is 4.57 Å². The van der Waals surface area contributed by atoms with E-state index in [1.54, 1.807) is 6.07 Å². The van der Waals surface area contributed by atoms with E-state index in [-0.39, 0.29) is 5.97 Å². The van der Waals surface area contributed by atoms with Gasteiger partial charge in [0.1, 0.15) is 5.75 Å². The highest BCUT2D eigenvalue weighted by Gasteiger charge is 2.09. The Morgan fingerprint density at radius 1 is 1.00 bits per heavy atom. The second-order valence-electron chi connectivity index (χ2n) is 6.80. The molecule has 0 spiro atoms. The van der Waals surface area contributed by atoms with Gasteiger partial charge in [0.05, 0.1) is 19.3 Å². The third-order valence-electron chi connectivity index (χ3n) is 4.77. The van der Waals surface area contributed by atoms with Gasteiger partial charge >= 0.3 is 5.97 Å². The van der Waals surface area contributed by atoms with Crippen molar-refractivity contribution in [2.24, 2.45) is 0 Å². The molecule has 0 aliphatic rings. The number of hydrogen-bond donors (Lipinski definition) is 0. The summed E-state index contributed by atoms with van der Waals surface area (Å²) in [7, 11) is 1.40. The zero-order valence-electron chi connectivity index (χ0n) is 16.2. The molecule has 0 unspecified atom stereocenters. The van der Waals surface area contributed by atoms with Crippen molar-refractivity contribution in [2.45, 2.75) is 32.2 Å². The molecule has 1 aromatic heterocycles. The Kier molecular flexibility index (Phi) is 7.54. The van der Waals surface area contributed by atoms with E-state index in [2.05, 4.69) is 38.7 Å². The van der Waals surface area contributed by atoms with Gasteiger partial charge in [-0.05, 0) is 54.1 Å². The zero-order valence-corrected chi connectivity index (χ0v) is 17.8. The first-order valence-electron chi connectivity index (χ1n) is 9.66. The summed E-state index contributed by atoms with van der Waals surface area (Å²) in [4.78, 5) is 11.8. The molecule has 3 rings (SSSR count). The first kappa shape index (κ1) is 20.5. The molecule has 0 aliphatic carbocycles. The van der Waals surface area contributed by atoms with Gasteiger partial charge in [-0.25, -0.2) is 4.79 Å². The number of alkyl halides is 1. The largest absolute Gasteiger partial charge is 0.494 e. The fourth-order valence-corrected chi connectivity index (χ4v) is 3.59. The van der Waals surface area contributed by atoms with Crippen molar-refractivity contribution in [3.63, 3.8) is 0 Å². The lowest BCUT2D eigenvalue weighted by molar-refractivity contribution is 0.0601. The number of nitrogens with zero attached hydrogens (tertiary/aromatic N) is 1. The van der Waals surface area contributed by atoms with Gasteiger partial charge in [0.25, 0.3) is 0 Å². The molecule has 0 atom stereocenters. The van der Waals surface area contributed by atoms with Gasteiger partial charge in [0.2, 0.25) is 0 Å². The Morgan fingerprint density at radius 2 is 1.79 bits per heavy atom. The number of esters is 1. The SMILES string of the molecule is COC(=O)c1ccc2ccn(Cc3ccc(OCCCCCCBr)cc3)c2c1. The third kappa shape index (κ3) is 5.38. The lowest BCUT2D eigenvalue weighted by atomic mass is 10.1. The standard InChI is InChI=1S/C23H26BrNO3/c1-27-23(26)20-9-8-19-12-14-25(22(19)16-20)17-18-6-10-21(11-7-18)28-15-5-3-2-4-13-24/h6-12,14,16H,2-5,13,15,17H2,1H3. The highest BCUT2D eigenvalue weighted by Crippen LogP contribution is 2.21. The van der Waals surface area contributed by atoms with Crippen LogP contribution < -0.4 is 4.74 Å². The van der Waals surface area contributed by atoms with Crippen LogP contribution in [0.15, 0.2) is 54.7 Å². The van der Waals surface area contributed by atoms with E-state index >= 15 is 0 Å². The molecular formula is C23H26BrNO3. The predicted molar refractivity (Wildman–Crippen MR) is 117 cm³/mol. The zero-order chi connectivity index (χ0) is 19.8. The number of hydrogen-bond acceptors (Lipinski definition) is 3. The molecule has 0 saturated carbocycles. The molecule has 5 heteroatoms. The Bertz CT molecular complexity index is 902. The van der Waals surface area contributed by atoms with Crippen molar-refractivity contribution in [3.05, 3.63) is 65.9 Å². The van der Waals surface area contributed by atoms with Crippen LogP contribution in [0.4, 0.5) is 0 Å². The lowest BCUT2D eigenvalue weighted by Crippen LogP contribution is -2.03. The summed E-state index contributed by atoms with van der Waals surface area (Å²) in [5.41, 5.74) is 2.77. The minimum absolute atomic E-state index is 0.316. The fraction of sp³-hybridized carbons (Fsp3) is 0.348. The first-order valence-corrected chi connectivity index (χ1v) is 10.8. The molecule has 0 saturated heterocycles. The number of carbonyl (C=O) groups is 1. The molecule has 1 heterocycles. The maximum atomic E-state index is 11.8. The quantitative estimate of drug-likeness (QED) is 0.225. The third-order valence-corrected chi connectivity index (χ3v) is 5.33. The minimum atomic E-state index is -0.316. The summed E-state index contributed by atoms with van der Waals surface area (Å²) >= 11 is 3.46. The molecule has 2 aromatic carbocycles. The molecular weight excluding hydrogens is 418 g/mol. The van der Waals surface area contributed by atoms with Gasteiger partial charge in [-0.3, -0.25) is 0 Å². The molecule has 0 N–H and O–H groups in total. The van der Waals surface area contributed by atoms with Crippen molar-refractivity contribution in [2.75, 3.05) is 19.0 Å². The van der Waals surface area contributed by atoms with Crippen LogP contribution in [-0.4, -0.2) is 29.6 Å². The Hall–Kier alpha value is -2.27. The maximum absolute atomic E-state index is 11.8. The van der Waals surface area contributed by atoms with Crippen LogP contribution in [-0.2, 0) is 11.3 Å². The van der Waals surface area contributed by atoms with Gasteiger partial charge in [-0.2, -0.15) is 0 Å². The van der Waals surface area contributed by atoms with Gasteiger partial charge in [-0.15, -0.1) is 0 Å². The van der Waals surface area contributed by atoms with Crippen LogP contribution >= 0.6 is 15.9 Å². The van der Waals surface area contributed by atoms with Gasteiger partial charge < -0.3 is 14.0 Å². The first-order chi connectivity index (χ1) is 13.7. The van der Waals surface area contributed by atoms with Gasteiger partial charge in [-0.1, -0.05) is 47.0 Å². The highest BCUT2D eigenvalue weighted by molar-refractivity contribution is 9.09. The fourth-order valence-electron chi connectivity index (χ4n) is 3.19. The second kappa shape index (κ2) is 10.3. The number of methoxy groups -OCH3 is 1. The lowest BCUT2D eigenvalue weighted by Gasteiger charge is -2.09. The number of benzene rings is 2. The van der Waals surface area contributed by atoms with Crippen molar-refractivity contribution >= 4 is 32.8 Å². The Labute approximate surface area is 174 Å². The van der Waals surface area contributed by atoms with E-state index in [4.69, 9.17) is 9.47 Å². The number of carbonyl (C=O) groups excluding carboxylic acids is 1. The number of halogens is 1. The Balaban J connectivity index is 1.60. The van der Waals surface area contributed by atoms with Crippen LogP contribution in [0.5, 0.6) is 5.75 Å².